The average Bonchev–Trinajstić information content (AvgIpc) is 3.22. The number of hydrogen-bond acceptors (Lipinski definition) is 3. The molecule has 26 heavy (non-hydrogen) atoms. The molecule has 2 amide bonds. The van der Waals surface area contributed by atoms with E-state index in [2.05, 4.69) is 10.4 Å². The van der Waals surface area contributed by atoms with Gasteiger partial charge in [-0.25, -0.2) is 0 Å². The summed E-state index contributed by atoms with van der Waals surface area (Å²) in [7, 11) is 0. The van der Waals surface area contributed by atoms with Gasteiger partial charge in [0.25, 0.3) is 0 Å². The number of aromatic nitrogens is 2. The second-order valence-electron chi connectivity index (χ2n) is 5.99. The molecule has 0 aliphatic carbocycles. The fraction of sp³-hybridized carbons (Fsp3) is 0.353. The van der Waals surface area contributed by atoms with Gasteiger partial charge in [-0.15, -0.1) is 0 Å². The normalized spacial score (nSPS) is 14.7. The number of amides is 2. The van der Waals surface area contributed by atoms with Crippen LogP contribution < -0.4 is 10.2 Å². The molecule has 9 heteroatoms. The minimum Gasteiger partial charge on any atom is -0.350 e. The lowest BCUT2D eigenvalue weighted by molar-refractivity contribution is -0.141. The topological polar surface area (TPSA) is 67.2 Å². The molecule has 1 aliphatic heterocycles. The van der Waals surface area contributed by atoms with Gasteiger partial charge in [-0.2, -0.15) is 18.3 Å². The van der Waals surface area contributed by atoms with Gasteiger partial charge in [0.05, 0.1) is 0 Å². The van der Waals surface area contributed by atoms with Crippen LogP contribution in [0.3, 0.4) is 0 Å². The fourth-order valence-electron chi connectivity index (χ4n) is 2.72. The van der Waals surface area contributed by atoms with Gasteiger partial charge in [-0.3, -0.25) is 14.3 Å². The van der Waals surface area contributed by atoms with Crippen LogP contribution in [-0.4, -0.2) is 28.1 Å². The van der Waals surface area contributed by atoms with Gasteiger partial charge in [0, 0.05) is 31.4 Å². The molecule has 3 rings (SSSR count). The highest BCUT2D eigenvalue weighted by Gasteiger charge is 2.33. The van der Waals surface area contributed by atoms with E-state index in [4.69, 9.17) is 0 Å². The Morgan fingerprint density at radius 2 is 1.92 bits per heavy atom. The maximum Gasteiger partial charge on any atom is 0.435 e. The summed E-state index contributed by atoms with van der Waals surface area (Å²) in [6.45, 7) is 0.648. The molecule has 1 aromatic carbocycles. The zero-order valence-electron chi connectivity index (χ0n) is 13.8. The van der Waals surface area contributed by atoms with E-state index in [9.17, 15) is 22.8 Å². The van der Waals surface area contributed by atoms with Crippen LogP contribution >= 0.6 is 0 Å². The molecule has 6 nitrogen and oxygen atoms in total. The predicted molar refractivity (Wildman–Crippen MR) is 87.1 cm³/mol. The summed E-state index contributed by atoms with van der Waals surface area (Å²) in [5, 5.41) is 5.96. The highest BCUT2D eigenvalue weighted by Crippen LogP contribution is 2.27. The lowest BCUT2D eigenvalue weighted by atomic mass is 10.2. The molecule has 0 bridgehead atoms. The summed E-state index contributed by atoms with van der Waals surface area (Å²) >= 11 is 0. The first kappa shape index (κ1) is 18.0. The van der Waals surface area contributed by atoms with Gasteiger partial charge in [-0.1, -0.05) is 12.1 Å². The summed E-state index contributed by atoms with van der Waals surface area (Å²) in [4.78, 5) is 25.3. The average molecular weight is 366 g/mol. The number of halogens is 3. The second kappa shape index (κ2) is 7.19. The zero-order chi connectivity index (χ0) is 18.7. The summed E-state index contributed by atoms with van der Waals surface area (Å²) < 4.78 is 38.4. The van der Waals surface area contributed by atoms with Crippen molar-refractivity contribution in [2.75, 3.05) is 11.4 Å². The Morgan fingerprint density at radius 3 is 2.50 bits per heavy atom. The van der Waals surface area contributed by atoms with Crippen molar-refractivity contribution in [3.05, 3.63) is 47.8 Å². The summed E-state index contributed by atoms with van der Waals surface area (Å²) in [6, 6.07) is 8.06. The van der Waals surface area contributed by atoms with Crippen LogP contribution in [0, 0.1) is 0 Å². The van der Waals surface area contributed by atoms with Crippen molar-refractivity contribution in [3.63, 3.8) is 0 Å². The van der Waals surface area contributed by atoms with Crippen LogP contribution in [0.5, 0.6) is 0 Å². The minimum atomic E-state index is -4.53. The van der Waals surface area contributed by atoms with Crippen LogP contribution in [0.1, 0.15) is 24.1 Å². The molecule has 1 aromatic heterocycles. The maximum atomic E-state index is 12.5. The van der Waals surface area contributed by atoms with E-state index in [0.29, 0.717) is 13.0 Å². The number of anilines is 1. The number of carbonyl (C=O) groups is 2. The standard InChI is InChI=1S/C17H17F3N4O2/c18-17(19,20)14-7-9-23(22-14)11-15(25)21-10-12-3-5-13(6-4-12)24-8-1-2-16(24)26/h3-7,9H,1-2,8,10-11H2,(H,21,25). The van der Waals surface area contributed by atoms with Crippen molar-refractivity contribution in [2.45, 2.75) is 32.1 Å². The molecule has 0 atom stereocenters. The third kappa shape index (κ3) is 4.22. The van der Waals surface area contributed by atoms with Gasteiger partial charge >= 0.3 is 6.18 Å². The molecule has 2 aromatic rings. The summed E-state index contributed by atoms with van der Waals surface area (Å²) in [5.41, 5.74) is 0.612. The maximum absolute atomic E-state index is 12.5. The van der Waals surface area contributed by atoms with Crippen molar-refractivity contribution in [1.82, 2.24) is 15.1 Å². The van der Waals surface area contributed by atoms with Gasteiger partial charge in [0.15, 0.2) is 5.69 Å². The van der Waals surface area contributed by atoms with Gasteiger partial charge in [0.1, 0.15) is 6.54 Å². The minimum absolute atomic E-state index is 0.100. The molecule has 0 radical (unpaired) electrons. The van der Waals surface area contributed by atoms with E-state index in [1.807, 2.05) is 12.1 Å². The quantitative estimate of drug-likeness (QED) is 0.883. The Kier molecular flexibility index (Phi) is 4.97. The van der Waals surface area contributed by atoms with Crippen LogP contribution in [-0.2, 0) is 28.9 Å². The van der Waals surface area contributed by atoms with Gasteiger partial charge < -0.3 is 10.2 Å². The van der Waals surface area contributed by atoms with Crippen molar-refractivity contribution in [1.29, 1.82) is 0 Å². The number of alkyl halides is 3. The highest BCUT2D eigenvalue weighted by atomic mass is 19.4. The first-order valence-electron chi connectivity index (χ1n) is 8.09. The lowest BCUT2D eigenvalue weighted by Gasteiger charge is -2.16. The van der Waals surface area contributed by atoms with E-state index in [0.717, 1.165) is 34.6 Å². The first-order chi connectivity index (χ1) is 12.3. The Labute approximate surface area is 147 Å². The molecule has 1 saturated heterocycles. The van der Waals surface area contributed by atoms with Crippen molar-refractivity contribution < 1.29 is 22.8 Å². The molecule has 138 valence electrons. The molecule has 0 saturated carbocycles. The monoisotopic (exact) mass is 366 g/mol. The molecule has 1 aliphatic rings. The van der Waals surface area contributed by atoms with Crippen molar-refractivity contribution in [3.8, 4) is 0 Å². The number of nitrogens with one attached hydrogen (secondary N) is 1. The van der Waals surface area contributed by atoms with E-state index < -0.39 is 17.8 Å². The molecule has 2 heterocycles. The summed E-state index contributed by atoms with van der Waals surface area (Å²) in [5.74, 6) is -0.343. The van der Waals surface area contributed by atoms with E-state index in [1.165, 1.54) is 0 Å². The van der Waals surface area contributed by atoms with Crippen molar-refractivity contribution in [2.24, 2.45) is 0 Å². The Morgan fingerprint density at radius 1 is 1.19 bits per heavy atom. The van der Waals surface area contributed by atoms with E-state index >= 15 is 0 Å². The van der Waals surface area contributed by atoms with Crippen LogP contribution in [0.15, 0.2) is 36.5 Å². The van der Waals surface area contributed by atoms with Crippen LogP contribution in [0.25, 0.3) is 0 Å². The summed E-state index contributed by atoms with van der Waals surface area (Å²) in [6.07, 6.45) is -2.01. The first-order valence-corrected chi connectivity index (χ1v) is 8.09. The zero-order valence-corrected chi connectivity index (χ0v) is 13.8. The number of hydrogen-bond donors (Lipinski definition) is 1. The van der Waals surface area contributed by atoms with Crippen LogP contribution in [0.4, 0.5) is 18.9 Å². The SMILES string of the molecule is O=C(Cn1ccc(C(F)(F)F)n1)NCc1ccc(N2CCCC2=O)cc1. The number of nitrogens with zero attached hydrogens (tertiary/aromatic N) is 3. The smallest absolute Gasteiger partial charge is 0.350 e. The lowest BCUT2D eigenvalue weighted by Crippen LogP contribution is -2.27. The highest BCUT2D eigenvalue weighted by molar-refractivity contribution is 5.95. The Balaban J connectivity index is 1.51. The number of carbonyl (C=O) groups excluding carboxylic acids is 2. The van der Waals surface area contributed by atoms with E-state index in [1.54, 1.807) is 17.0 Å². The third-order valence-electron chi connectivity index (χ3n) is 4.05. The predicted octanol–water partition coefficient (Wildman–Crippen LogP) is 2.35. The van der Waals surface area contributed by atoms with Crippen molar-refractivity contribution >= 4 is 17.5 Å². The third-order valence-corrected chi connectivity index (χ3v) is 4.05. The van der Waals surface area contributed by atoms with Gasteiger partial charge in [-0.05, 0) is 30.2 Å². The Bertz CT molecular complexity index is 799. The molecule has 1 N–H and O–H groups in total. The molecule has 0 unspecified atom stereocenters. The van der Waals surface area contributed by atoms with E-state index in [-0.39, 0.29) is 19.0 Å². The number of rotatable bonds is 5. The molecule has 0 spiro atoms. The number of benzene rings is 1. The molecular weight excluding hydrogens is 349 g/mol. The fourth-order valence-corrected chi connectivity index (χ4v) is 2.72. The van der Waals surface area contributed by atoms with Crippen LogP contribution in [0.2, 0.25) is 0 Å². The largest absolute Gasteiger partial charge is 0.435 e. The second-order valence-corrected chi connectivity index (χ2v) is 5.99. The van der Waals surface area contributed by atoms with Gasteiger partial charge in [0.2, 0.25) is 11.8 Å². The molecular formula is C17H17F3N4O2. The molecule has 1 fully saturated rings. The Hall–Kier alpha value is -2.84.